The first kappa shape index (κ1) is 16.5. The van der Waals surface area contributed by atoms with Gasteiger partial charge < -0.3 is 19.4 Å². The number of ether oxygens (including phenoxy) is 1. The molecule has 1 aliphatic rings. The smallest absolute Gasteiger partial charge is 0.118 e. The molecule has 21 heavy (non-hydrogen) atoms. The van der Waals surface area contributed by atoms with Crippen LogP contribution < -0.4 is 5.32 Å². The Hall–Kier alpha value is -0.840. The van der Waals surface area contributed by atoms with Crippen molar-refractivity contribution in [1.82, 2.24) is 10.2 Å². The van der Waals surface area contributed by atoms with Crippen LogP contribution in [0.1, 0.15) is 43.8 Å². The van der Waals surface area contributed by atoms with Crippen LogP contribution in [0.3, 0.4) is 0 Å². The Morgan fingerprint density at radius 3 is 2.76 bits per heavy atom. The van der Waals surface area contributed by atoms with Gasteiger partial charge in [-0.1, -0.05) is 13.8 Å². The van der Waals surface area contributed by atoms with Crippen molar-refractivity contribution in [2.24, 2.45) is 5.92 Å². The number of hydrogen-bond acceptors (Lipinski definition) is 4. The number of piperidine rings is 1. The SMILES string of the molecule is Cc1oc(CNCC(C)C)cc1COC1CCN(C)CC1. The van der Waals surface area contributed by atoms with Crippen LogP contribution in [0.5, 0.6) is 0 Å². The molecule has 1 aromatic heterocycles. The molecule has 0 spiro atoms. The summed E-state index contributed by atoms with van der Waals surface area (Å²) in [5.41, 5.74) is 1.19. The summed E-state index contributed by atoms with van der Waals surface area (Å²) >= 11 is 0. The maximum absolute atomic E-state index is 6.05. The average molecular weight is 294 g/mol. The molecule has 0 aromatic carbocycles. The lowest BCUT2D eigenvalue weighted by Gasteiger charge is -2.28. The number of nitrogens with one attached hydrogen (secondary N) is 1. The van der Waals surface area contributed by atoms with Crippen LogP contribution in [0.15, 0.2) is 10.5 Å². The first-order valence-electron chi connectivity index (χ1n) is 8.13. The lowest BCUT2D eigenvalue weighted by atomic mass is 10.1. The molecule has 1 fully saturated rings. The predicted molar refractivity (Wildman–Crippen MR) is 85.3 cm³/mol. The monoisotopic (exact) mass is 294 g/mol. The van der Waals surface area contributed by atoms with Gasteiger partial charge in [-0.15, -0.1) is 0 Å². The van der Waals surface area contributed by atoms with E-state index in [0.717, 1.165) is 50.5 Å². The molecule has 1 aromatic rings. The van der Waals surface area contributed by atoms with Crippen LogP contribution in [-0.4, -0.2) is 37.7 Å². The highest BCUT2D eigenvalue weighted by Gasteiger charge is 2.18. The fraction of sp³-hybridized carbons (Fsp3) is 0.765. The number of furan rings is 1. The van der Waals surface area contributed by atoms with E-state index in [0.29, 0.717) is 18.6 Å². The Balaban J connectivity index is 1.76. The van der Waals surface area contributed by atoms with Gasteiger partial charge in [-0.25, -0.2) is 0 Å². The summed E-state index contributed by atoms with van der Waals surface area (Å²) in [6.45, 7) is 11.2. The summed E-state index contributed by atoms with van der Waals surface area (Å²) in [4.78, 5) is 2.36. The maximum atomic E-state index is 6.05. The maximum Gasteiger partial charge on any atom is 0.118 e. The van der Waals surface area contributed by atoms with E-state index in [9.17, 15) is 0 Å². The molecule has 1 N–H and O–H groups in total. The number of likely N-dealkylation sites (tertiary alicyclic amines) is 1. The Kier molecular flexibility index (Phi) is 6.27. The lowest BCUT2D eigenvalue weighted by Crippen LogP contribution is -2.34. The number of aryl methyl sites for hydroxylation is 1. The second-order valence-electron chi connectivity index (χ2n) is 6.63. The molecule has 0 atom stereocenters. The zero-order valence-corrected chi connectivity index (χ0v) is 13.9. The van der Waals surface area contributed by atoms with Gasteiger partial charge in [0.2, 0.25) is 0 Å². The van der Waals surface area contributed by atoms with Crippen LogP contribution in [0, 0.1) is 12.8 Å². The van der Waals surface area contributed by atoms with E-state index in [1.165, 1.54) is 5.56 Å². The van der Waals surface area contributed by atoms with Crippen LogP contribution in [0.2, 0.25) is 0 Å². The highest BCUT2D eigenvalue weighted by Crippen LogP contribution is 2.19. The second kappa shape index (κ2) is 7.97. The first-order chi connectivity index (χ1) is 10.0. The minimum Gasteiger partial charge on any atom is -0.465 e. The van der Waals surface area contributed by atoms with Crippen molar-refractivity contribution in [3.63, 3.8) is 0 Å². The predicted octanol–water partition coefficient (Wildman–Crippen LogP) is 2.94. The summed E-state index contributed by atoms with van der Waals surface area (Å²) in [5.74, 6) is 2.66. The van der Waals surface area contributed by atoms with Crippen molar-refractivity contribution in [1.29, 1.82) is 0 Å². The molecule has 2 rings (SSSR count). The highest BCUT2D eigenvalue weighted by molar-refractivity contribution is 5.20. The fourth-order valence-electron chi connectivity index (χ4n) is 2.66. The topological polar surface area (TPSA) is 37.6 Å². The van der Waals surface area contributed by atoms with E-state index in [4.69, 9.17) is 9.15 Å². The average Bonchev–Trinajstić information content (AvgIpc) is 2.78. The molecular weight excluding hydrogens is 264 g/mol. The Morgan fingerprint density at radius 1 is 1.38 bits per heavy atom. The van der Waals surface area contributed by atoms with Crippen molar-refractivity contribution in [3.8, 4) is 0 Å². The van der Waals surface area contributed by atoms with Crippen molar-refractivity contribution in [3.05, 3.63) is 23.2 Å². The molecular formula is C17H30N2O2. The number of rotatable bonds is 7. The third-order valence-corrected chi connectivity index (χ3v) is 4.06. The van der Waals surface area contributed by atoms with Gasteiger partial charge in [0.05, 0.1) is 19.3 Å². The van der Waals surface area contributed by atoms with Gasteiger partial charge in [0.25, 0.3) is 0 Å². The van der Waals surface area contributed by atoms with Crippen LogP contribution in [-0.2, 0) is 17.9 Å². The first-order valence-corrected chi connectivity index (χ1v) is 8.13. The fourth-order valence-corrected chi connectivity index (χ4v) is 2.66. The van der Waals surface area contributed by atoms with Crippen molar-refractivity contribution >= 4 is 0 Å². The number of hydrogen-bond donors (Lipinski definition) is 1. The van der Waals surface area contributed by atoms with Gasteiger partial charge in [0, 0.05) is 18.7 Å². The molecule has 1 saturated heterocycles. The lowest BCUT2D eigenvalue weighted by molar-refractivity contribution is 0.00171. The number of nitrogens with zero attached hydrogens (tertiary/aromatic N) is 1. The Morgan fingerprint density at radius 2 is 2.10 bits per heavy atom. The van der Waals surface area contributed by atoms with E-state index < -0.39 is 0 Å². The van der Waals surface area contributed by atoms with E-state index >= 15 is 0 Å². The van der Waals surface area contributed by atoms with Crippen LogP contribution in [0.4, 0.5) is 0 Å². The van der Waals surface area contributed by atoms with Crippen LogP contribution >= 0.6 is 0 Å². The summed E-state index contributed by atoms with van der Waals surface area (Å²) in [6.07, 6.45) is 2.67. The molecule has 0 aliphatic carbocycles. The van der Waals surface area contributed by atoms with E-state index in [1.807, 2.05) is 6.92 Å². The normalized spacial score (nSPS) is 17.8. The van der Waals surface area contributed by atoms with E-state index in [-0.39, 0.29) is 0 Å². The highest BCUT2D eigenvalue weighted by atomic mass is 16.5. The van der Waals surface area contributed by atoms with Gasteiger partial charge >= 0.3 is 0 Å². The Bertz CT molecular complexity index is 420. The summed E-state index contributed by atoms with van der Waals surface area (Å²) in [7, 11) is 2.17. The minimum atomic E-state index is 0.401. The van der Waals surface area contributed by atoms with E-state index in [2.05, 4.69) is 37.2 Å². The molecule has 4 nitrogen and oxygen atoms in total. The molecule has 2 heterocycles. The van der Waals surface area contributed by atoms with E-state index in [1.54, 1.807) is 0 Å². The quantitative estimate of drug-likeness (QED) is 0.839. The molecule has 0 saturated carbocycles. The molecule has 0 radical (unpaired) electrons. The van der Waals surface area contributed by atoms with Crippen molar-refractivity contribution in [2.75, 3.05) is 26.7 Å². The van der Waals surface area contributed by atoms with Gasteiger partial charge in [0.1, 0.15) is 11.5 Å². The standard InChI is InChI=1S/C17H30N2O2/c1-13(2)10-18-11-17-9-15(14(3)21-17)12-20-16-5-7-19(4)8-6-16/h9,13,16,18H,5-8,10-12H2,1-4H3. The van der Waals surface area contributed by atoms with Gasteiger partial charge in [-0.3, -0.25) is 0 Å². The van der Waals surface area contributed by atoms with Crippen molar-refractivity contribution in [2.45, 2.75) is 52.9 Å². The Labute approximate surface area is 128 Å². The molecule has 0 bridgehead atoms. The summed E-state index contributed by atoms with van der Waals surface area (Å²) in [6, 6.07) is 2.14. The minimum absolute atomic E-state index is 0.401. The molecule has 120 valence electrons. The van der Waals surface area contributed by atoms with Gasteiger partial charge in [-0.05, 0) is 45.3 Å². The molecule has 0 amide bonds. The largest absolute Gasteiger partial charge is 0.465 e. The van der Waals surface area contributed by atoms with Crippen LogP contribution in [0.25, 0.3) is 0 Å². The molecule has 1 aliphatic heterocycles. The third-order valence-electron chi connectivity index (χ3n) is 4.06. The molecule has 4 heteroatoms. The van der Waals surface area contributed by atoms with Gasteiger partial charge in [-0.2, -0.15) is 0 Å². The molecule has 0 unspecified atom stereocenters. The van der Waals surface area contributed by atoms with Crippen molar-refractivity contribution < 1.29 is 9.15 Å². The van der Waals surface area contributed by atoms with Gasteiger partial charge in [0.15, 0.2) is 0 Å². The zero-order valence-electron chi connectivity index (χ0n) is 13.9. The zero-order chi connectivity index (χ0) is 15.2. The summed E-state index contributed by atoms with van der Waals surface area (Å²) < 4.78 is 11.8. The third kappa shape index (κ3) is 5.46. The summed E-state index contributed by atoms with van der Waals surface area (Å²) in [5, 5.41) is 3.41. The second-order valence-corrected chi connectivity index (χ2v) is 6.63.